The van der Waals surface area contributed by atoms with E-state index in [4.69, 9.17) is 15.4 Å². The minimum Gasteiger partial charge on any atom is -0.493 e. The highest BCUT2D eigenvalue weighted by Crippen LogP contribution is 2.28. The third-order valence-electron chi connectivity index (χ3n) is 3.06. The number of halogens is 1. The summed E-state index contributed by atoms with van der Waals surface area (Å²) in [5.41, 5.74) is 2.26. The average molecular weight is 326 g/mol. The first-order valence-electron chi connectivity index (χ1n) is 6.45. The molecule has 6 heteroatoms. The first-order valence-corrected chi connectivity index (χ1v) is 8.76. The summed E-state index contributed by atoms with van der Waals surface area (Å²) in [5, 5.41) is 0. The summed E-state index contributed by atoms with van der Waals surface area (Å²) in [5.74, 6) is 0.637. The fourth-order valence-corrected chi connectivity index (χ4v) is 3.83. The lowest BCUT2D eigenvalue weighted by molar-refractivity contribution is 0.321. The number of rotatable bonds is 5. The number of ether oxygens (including phenoxy) is 1. The van der Waals surface area contributed by atoms with E-state index in [9.17, 15) is 8.42 Å². The molecule has 4 nitrogen and oxygen atoms in total. The zero-order chi connectivity index (χ0) is 15.5. The molecule has 0 aliphatic rings. The van der Waals surface area contributed by atoms with Crippen LogP contribution in [0.4, 0.5) is 0 Å². The molecule has 0 fully saturated rings. The molecule has 0 bridgehead atoms. The van der Waals surface area contributed by atoms with Crippen molar-refractivity contribution in [3.8, 4) is 5.75 Å². The molecular formula is C15H16ClNO3S. The molecule has 2 aromatic rings. The van der Waals surface area contributed by atoms with Crippen molar-refractivity contribution in [1.29, 1.82) is 0 Å². The Morgan fingerprint density at radius 2 is 1.90 bits per heavy atom. The highest BCUT2D eigenvalue weighted by molar-refractivity contribution is 8.13. The van der Waals surface area contributed by atoms with Gasteiger partial charge in [0.1, 0.15) is 5.75 Å². The van der Waals surface area contributed by atoms with Crippen LogP contribution in [-0.4, -0.2) is 20.0 Å². The van der Waals surface area contributed by atoms with Gasteiger partial charge in [-0.05, 0) is 48.7 Å². The van der Waals surface area contributed by atoms with Gasteiger partial charge in [-0.3, -0.25) is 4.98 Å². The number of aromatic nitrogens is 1. The van der Waals surface area contributed by atoms with E-state index in [2.05, 4.69) is 4.98 Å². The van der Waals surface area contributed by atoms with Gasteiger partial charge in [-0.1, -0.05) is 6.07 Å². The zero-order valence-electron chi connectivity index (χ0n) is 11.8. The number of hydrogen-bond donors (Lipinski definition) is 0. The summed E-state index contributed by atoms with van der Waals surface area (Å²) < 4.78 is 28.7. The number of benzene rings is 1. The Labute approximate surface area is 129 Å². The van der Waals surface area contributed by atoms with Gasteiger partial charge in [0.05, 0.1) is 11.5 Å². The Morgan fingerprint density at radius 3 is 2.43 bits per heavy atom. The van der Waals surface area contributed by atoms with Gasteiger partial charge >= 0.3 is 0 Å². The topological polar surface area (TPSA) is 56.3 Å². The van der Waals surface area contributed by atoms with Crippen molar-refractivity contribution in [3.05, 3.63) is 53.3 Å². The molecule has 0 saturated carbocycles. The van der Waals surface area contributed by atoms with E-state index in [0.29, 0.717) is 23.5 Å². The van der Waals surface area contributed by atoms with Crippen molar-refractivity contribution in [2.24, 2.45) is 0 Å². The van der Waals surface area contributed by atoms with Crippen LogP contribution in [-0.2, 0) is 15.5 Å². The van der Waals surface area contributed by atoms with Gasteiger partial charge in [0.15, 0.2) is 0 Å². The summed E-state index contributed by atoms with van der Waals surface area (Å²) in [6.45, 7) is 3.91. The molecule has 0 spiro atoms. The van der Waals surface area contributed by atoms with E-state index < -0.39 is 9.05 Å². The Morgan fingerprint density at radius 1 is 1.24 bits per heavy atom. The molecular weight excluding hydrogens is 310 g/mol. The van der Waals surface area contributed by atoms with Gasteiger partial charge in [0.25, 0.3) is 9.05 Å². The molecule has 112 valence electrons. The first-order chi connectivity index (χ1) is 9.88. The van der Waals surface area contributed by atoms with E-state index in [0.717, 1.165) is 12.0 Å². The molecule has 0 atom stereocenters. The van der Waals surface area contributed by atoms with Crippen LogP contribution in [0.25, 0.3) is 0 Å². The molecule has 1 aromatic carbocycles. The average Bonchev–Trinajstić information content (AvgIpc) is 2.37. The van der Waals surface area contributed by atoms with Crippen molar-refractivity contribution in [3.63, 3.8) is 0 Å². The van der Waals surface area contributed by atoms with Crippen LogP contribution in [0.5, 0.6) is 5.75 Å². The van der Waals surface area contributed by atoms with Crippen LogP contribution in [0, 0.1) is 13.8 Å². The fraction of sp³-hybridized carbons (Fsp3) is 0.267. The Bertz CT molecular complexity index is 707. The SMILES string of the molecule is Cc1cc(OCCc2cccnc2)cc(C)c1S(=O)(=O)Cl. The maximum Gasteiger partial charge on any atom is 0.261 e. The smallest absolute Gasteiger partial charge is 0.261 e. The molecule has 0 amide bonds. The second kappa shape index (κ2) is 6.45. The van der Waals surface area contributed by atoms with Gasteiger partial charge in [-0.15, -0.1) is 0 Å². The molecule has 21 heavy (non-hydrogen) atoms. The minimum atomic E-state index is -3.74. The number of pyridine rings is 1. The fourth-order valence-electron chi connectivity index (χ4n) is 2.21. The standard InChI is InChI=1S/C15H16ClNO3S/c1-11-8-14(9-12(2)15(11)21(16,18)19)20-7-5-13-4-3-6-17-10-13/h3-4,6,8-10H,5,7H2,1-2H3. The predicted octanol–water partition coefficient (Wildman–Crippen LogP) is 3.25. The molecule has 0 unspecified atom stereocenters. The first kappa shape index (κ1) is 15.8. The largest absolute Gasteiger partial charge is 0.493 e. The van der Waals surface area contributed by atoms with Gasteiger partial charge < -0.3 is 4.74 Å². The maximum absolute atomic E-state index is 11.5. The van der Waals surface area contributed by atoms with Crippen LogP contribution in [0.2, 0.25) is 0 Å². The highest BCUT2D eigenvalue weighted by Gasteiger charge is 2.17. The molecule has 0 N–H and O–H groups in total. The van der Waals surface area contributed by atoms with Crippen molar-refractivity contribution in [2.75, 3.05) is 6.61 Å². The van der Waals surface area contributed by atoms with Crippen molar-refractivity contribution in [1.82, 2.24) is 4.98 Å². The van der Waals surface area contributed by atoms with Gasteiger partial charge in [0.2, 0.25) is 0 Å². The van der Waals surface area contributed by atoms with E-state index in [1.165, 1.54) is 0 Å². The molecule has 0 saturated heterocycles. The van der Waals surface area contributed by atoms with E-state index in [-0.39, 0.29) is 4.90 Å². The minimum absolute atomic E-state index is 0.156. The van der Waals surface area contributed by atoms with Crippen molar-refractivity contribution >= 4 is 19.7 Å². The molecule has 2 rings (SSSR count). The van der Waals surface area contributed by atoms with Gasteiger partial charge in [-0.25, -0.2) is 8.42 Å². The second-order valence-electron chi connectivity index (χ2n) is 4.78. The van der Waals surface area contributed by atoms with Gasteiger partial charge in [0, 0.05) is 29.5 Å². The van der Waals surface area contributed by atoms with Crippen LogP contribution in [0.1, 0.15) is 16.7 Å². The highest BCUT2D eigenvalue weighted by atomic mass is 35.7. The van der Waals surface area contributed by atoms with Crippen LogP contribution in [0.15, 0.2) is 41.6 Å². The van der Waals surface area contributed by atoms with Gasteiger partial charge in [-0.2, -0.15) is 0 Å². The predicted molar refractivity (Wildman–Crippen MR) is 82.4 cm³/mol. The van der Waals surface area contributed by atoms with E-state index in [1.807, 2.05) is 12.1 Å². The van der Waals surface area contributed by atoms with E-state index in [1.54, 1.807) is 38.4 Å². The summed E-state index contributed by atoms with van der Waals surface area (Å²) in [4.78, 5) is 4.20. The monoisotopic (exact) mass is 325 g/mol. The lowest BCUT2D eigenvalue weighted by atomic mass is 10.1. The van der Waals surface area contributed by atoms with Crippen LogP contribution < -0.4 is 4.74 Å². The Hall–Kier alpha value is -1.59. The summed E-state index contributed by atoms with van der Waals surface area (Å²) in [7, 11) is 1.69. The molecule has 1 aromatic heterocycles. The molecule has 0 aliphatic carbocycles. The van der Waals surface area contributed by atoms with E-state index >= 15 is 0 Å². The summed E-state index contributed by atoms with van der Waals surface area (Å²) >= 11 is 0. The molecule has 1 heterocycles. The maximum atomic E-state index is 11.5. The molecule has 0 aliphatic heterocycles. The lowest BCUT2D eigenvalue weighted by Gasteiger charge is -2.11. The zero-order valence-corrected chi connectivity index (χ0v) is 13.4. The van der Waals surface area contributed by atoms with Crippen LogP contribution >= 0.6 is 10.7 Å². The quantitative estimate of drug-likeness (QED) is 0.792. The second-order valence-corrected chi connectivity index (χ2v) is 7.29. The van der Waals surface area contributed by atoms with Crippen molar-refractivity contribution in [2.45, 2.75) is 25.2 Å². The van der Waals surface area contributed by atoms with Crippen LogP contribution in [0.3, 0.4) is 0 Å². The summed E-state index contributed by atoms with van der Waals surface area (Å²) in [6.07, 6.45) is 4.26. The number of nitrogens with zero attached hydrogens (tertiary/aromatic N) is 1. The lowest BCUT2D eigenvalue weighted by Crippen LogP contribution is -2.04. The molecule has 0 radical (unpaired) electrons. The summed E-state index contributed by atoms with van der Waals surface area (Å²) in [6, 6.07) is 7.23. The Balaban J connectivity index is 2.09. The number of hydrogen-bond acceptors (Lipinski definition) is 4. The normalized spacial score (nSPS) is 11.4. The third-order valence-corrected chi connectivity index (χ3v) is 4.65. The Kier molecular flexibility index (Phi) is 4.85. The third kappa shape index (κ3) is 4.19. The van der Waals surface area contributed by atoms with Crippen molar-refractivity contribution < 1.29 is 13.2 Å². The number of aryl methyl sites for hydroxylation is 2.